The van der Waals surface area contributed by atoms with Crippen molar-refractivity contribution in [2.75, 3.05) is 20.2 Å². The van der Waals surface area contributed by atoms with Crippen LogP contribution < -0.4 is 4.74 Å². The topological polar surface area (TPSA) is 12.5 Å². The van der Waals surface area contributed by atoms with E-state index in [2.05, 4.69) is 41.0 Å². The van der Waals surface area contributed by atoms with Gasteiger partial charge in [0.1, 0.15) is 5.75 Å². The van der Waals surface area contributed by atoms with Crippen LogP contribution in [0.3, 0.4) is 0 Å². The maximum absolute atomic E-state index is 5.25. The second-order valence-corrected chi connectivity index (χ2v) is 5.55. The molecule has 1 heterocycles. The average Bonchev–Trinajstić information content (AvgIpc) is 3.11. The molecule has 0 bridgehead atoms. The first-order valence-corrected chi connectivity index (χ1v) is 7.81. The third-order valence-electron chi connectivity index (χ3n) is 4.06. The van der Waals surface area contributed by atoms with Gasteiger partial charge in [0.25, 0.3) is 0 Å². The molecule has 0 aromatic heterocycles. The van der Waals surface area contributed by atoms with Gasteiger partial charge in [-0.1, -0.05) is 42.2 Å². The SMILES string of the molecule is COc1ccc(C(C#Cc2ccccc2)N2CCCC2)cc1. The molecular formula is C20H21NO. The van der Waals surface area contributed by atoms with Gasteiger partial charge in [0.2, 0.25) is 0 Å². The van der Waals surface area contributed by atoms with Crippen molar-refractivity contribution < 1.29 is 4.74 Å². The number of methoxy groups -OCH3 is 1. The molecule has 2 aromatic carbocycles. The lowest BCUT2D eigenvalue weighted by Gasteiger charge is -2.23. The fourth-order valence-electron chi connectivity index (χ4n) is 2.84. The fourth-order valence-corrected chi connectivity index (χ4v) is 2.84. The Morgan fingerprint density at radius 2 is 1.64 bits per heavy atom. The van der Waals surface area contributed by atoms with E-state index in [1.807, 2.05) is 30.3 Å². The summed E-state index contributed by atoms with van der Waals surface area (Å²) in [5.41, 5.74) is 2.31. The van der Waals surface area contributed by atoms with Crippen LogP contribution in [-0.4, -0.2) is 25.1 Å². The van der Waals surface area contributed by atoms with Crippen molar-refractivity contribution in [2.24, 2.45) is 0 Å². The molecule has 2 aromatic rings. The highest BCUT2D eigenvalue weighted by molar-refractivity contribution is 5.39. The highest BCUT2D eigenvalue weighted by atomic mass is 16.5. The van der Waals surface area contributed by atoms with Gasteiger partial charge >= 0.3 is 0 Å². The summed E-state index contributed by atoms with van der Waals surface area (Å²) in [5, 5.41) is 0. The molecule has 0 radical (unpaired) electrons. The summed E-state index contributed by atoms with van der Waals surface area (Å²) in [4.78, 5) is 2.47. The Kier molecular flexibility index (Phi) is 4.78. The van der Waals surface area contributed by atoms with E-state index in [0.717, 1.165) is 24.4 Å². The summed E-state index contributed by atoms with van der Waals surface area (Å²) in [6.07, 6.45) is 2.53. The van der Waals surface area contributed by atoms with E-state index in [1.54, 1.807) is 7.11 Å². The van der Waals surface area contributed by atoms with E-state index in [0.29, 0.717) is 0 Å². The number of ether oxygens (including phenoxy) is 1. The van der Waals surface area contributed by atoms with E-state index in [9.17, 15) is 0 Å². The molecule has 1 aliphatic heterocycles. The van der Waals surface area contributed by atoms with Crippen LogP contribution in [0.1, 0.15) is 30.0 Å². The molecule has 0 N–H and O–H groups in total. The van der Waals surface area contributed by atoms with Crippen LogP contribution >= 0.6 is 0 Å². The maximum Gasteiger partial charge on any atom is 0.118 e. The monoisotopic (exact) mass is 291 g/mol. The van der Waals surface area contributed by atoms with Crippen molar-refractivity contribution in [1.82, 2.24) is 4.90 Å². The van der Waals surface area contributed by atoms with Crippen LogP contribution in [0.25, 0.3) is 0 Å². The molecule has 1 aliphatic rings. The fraction of sp³-hybridized carbons (Fsp3) is 0.300. The molecule has 1 unspecified atom stereocenters. The predicted octanol–water partition coefficient (Wildman–Crippen LogP) is 3.88. The zero-order valence-electron chi connectivity index (χ0n) is 13.0. The quantitative estimate of drug-likeness (QED) is 0.796. The number of benzene rings is 2. The third kappa shape index (κ3) is 3.50. The van der Waals surface area contributed by atoms with Gasteiger partial charge in [0.15, 0.2) is 0 Å². The lowest BCUT2D eigenvalue weighted by Crippen LogP contribution is -2.24. The molecule has 2 nitrogen and oxygen atoms in total. The number of nitrogens with zero attached hydrogens (tertiary/aromatic N) is 1. The molecule has 0 amide bonds. The largest absolute Gasteiger partial charge is 0.497 e. The first kappa shape index (κ1) is 14.7. The molecule has 1 atom stereocenters. The van der Waals surface area contributed by atoms with Gasteiger partial charge in [0.05, 0.1) is 13.2 Å². The van der Waals surface area contributed by atoms with Crippen LogP contribution in [0, 0.1) is 11.8 Å². The van der Waals surface area contributed by atoms with Crippen molar-refractivity contribution in [3.05, 3.63) is 65.7 Å². The molecule has 0 spiro atoms. The third-order valence-corrected chi connectivity index (χ3v) is 4.06. The van der Waals surface area contributed by atoms with Crippen LogP contribution in [-0.2, 0) is 0 Å². The van der Waals surface area contributed by atoms with E-state index in [4.69, 9.17) is 4.74 Å². The van der Waals surface area contributed by atoms with Crippen molar-refractivity contribution in [3.8, 4) is 17.6 Å². The number of rotatable bonds is 3. The summed E-state index contributed by atoms with van der Waals surface area (Å²) in [6.45, 7) is 2.25. The van der Waals surface area contributed by atoms with Crippen LogP contribution in [0.5, 0.6) is 5.75 Å². The Balaban J connectivity index is 1.88. The maximum atomic E-state index is 5.25. The standard InChI is InChI=1S/C20H21NO/c1-22-19-12-10-18(11-13-19)20(21-15-5-6-16-21)14-9-17-7-3-2-4-8-17/h2-4,7-8,10-13,20H,5-6,15-16H2,1H3. The second-order valence-electron chi connectivity index (χ2n) is 5.55. The molecular weight excluding hydrogens is 270 g/mol. The summed E-state index contributed by atoms with van der Waals surface area (Å²) in [5.74, 6) is 7.68. The predicted molar refractivity (Wildman–Crippen MR) is 89.9 cm³/mol. The smallest absolute Gasteiger partial charge is 0.118 e. The Hall–Kier alpha value is -2.24. The molecule has 0 aliphatic carbocycles. The van der Waals surface area contributed by atoms with Gasteiger partial charge < -0.3 is 4.74 Å². The minimum Gasteiger partial charge on any atom is -0.497 e. The van der Waals surface area contributed by atoms with Crippen LogP contribution in [0.4, 0.5) is 0 Å². The highest BCUT2D eigenvalue weighted by Crippen LogP contribution is 2.26. The molecule has 2 heteroatoms. The Bertz CT molecular complexity index is 646. The molecule has 112 valence electrons. The molecule has 0 saturated carbocycles. The second kappa shape index (κ2) is 7.15. The van der Waals surface area contributed by atoms with Gasteiger partial charge in [-0.15, -0.1) is 0 Å². The lowest BCUT2D eigenvalue weighted by molar-refractivity contribution is 0.296. The van der Waals surface area contributed by atoms with Gasteiger partial charge in [-0.05, 0) is 55.8 Å². The van der Waals surface area contributed by atoms with E-state index >= 15 is 0 Å². The van der Waals surface area contributed by atoms with Crippen molar-refractivity contribution in [1.29, 1.82) is 0 Å². The summed E-state index contributed by atoms with van der Waals surface area (Å²) >= 11 is 0. The average molecular weight is 291 g/mol. The van der Waals surface area contributed by atoms with Gasteiger partial charge in [-0.3, -0.25) is 4.90 Å². The van der Waals surface area contributed by atoms with Crippen molar-refractivity contribution in [3.63, 3.8) is 0 Å². The van der Waals surface area contributed by atoms with Crippen molar-refractivity contribution >= 4 is 0 Å². The van der Waals surface area contributed by atoms with Gasteiger partial charge in [-0.25, -0.2) is 0 Å². The Morgan fingerprint density at radius 3 is 2.27 bits per heavy atom. The first-order chi connectivity index (χ1) is 10.9. The van der Waals surface area contributed by atoms with Gasteiger partial charge in [0, 0.05) is 5.56 Å². The minimum atomic E-state index is 0.161. The van der Waals surface area contributed by atoms with E-state index in [-0.39, 0.29) is 6.04 Å². The summed E-state index contributed by atoms with van der Waals surface area (Å²) in [6, 6.07) is 18.6. The zero-order valence-corrected chi connectivity index (χ0v) is 13.0. The molecule has 3 rings (SSSR count). The van der Waals surface area contributed by atoms with E-state index in [1.165, 1.54) is 18.4 Å². The first-order valence-electron chi connectivity index (χ1n) is 7.81. The number of hydrogen-bond acceptors (Lipinski definition) is 2. The zero-order chi connectivity index (χ0) is 15.2. The number of likely N-dealkylation sites (tertiary alicyclic amines) is 1. The van der Waals surface area contributed by atoms with Gasteiger partial charge in [-0.2, -0.15) is 0 Å². The molecule has 1 saturated heterocycles. The lowest BCUT2D eigenvalue weighted by atomic mass is 10.0. The molecule has 1 fully saturated rings. The summed E-state index contributed by atoms with van der Waals surface area (Å²) < 4.78 is 5.25. The highest BCUT2D eigenvalue weighted by Gasteiger charge is 2.21. The van der Waals surface area contributed by atoms with Crippen LogP contribution in [0.15, 0.2) is 54.6 Å². The Morgan fingerprint density at radius 1 is 0.955 bits per heavy atom. The minimum absolute atomic E-state index is 0.161. The molecule has 22 heavy (non-hydrogen) atoms. The normalized spacial score (nSPS) is 15.9. The number of hydrogen-bond donors (Lipinski definition) is 0. The Labute approximate surface area is 132 Å². The summed E-state index contributed by atoms with van der Waals surface area (Å²) in [7, 11) is 1.70. The van der Waals surface area contributed by atoms with E-state index < -0.39 is 0 Å². The van der Waals surface area contributed by atoms with Crippen molar-refractivity contribution in [2.45, 2.75) is 18.9 Å². The van der Waals surface area contributed by atoms with Crippen LogP contribution in [0.2, 0.25) is 0 Å².